The van der Waals surface area contributed by atoms with Gasteiger partial charge < -0.3 is 5.11 Å². The van der Waals surface area contributed by atoms with Crippen LogP contribution in [0.15, 0.2) is 30.3 Å². The van der Waals surface area contributed by atoms with Gasteiger partial charge in [0.25, 0.3) is 0 Å². The van der Waals surface area contributed by atoms with E-state index >= 15 is 0 Å². The Morgan fingerprint density at radius 2 is 1.76 bits per heavy atom. The van der Waals surface area contributed by atoms with Gasteiger partial charge in [-0.05, 0) is 18.9 Å². The van der Waals surface area contributed by atoms with Crippen molar-refractivity contribution in [3.8, 4) is 0 Å². The first-order valence-corrected chi connectivity index (χ1v) is 7.43. The van der Waals surface area contributed by atoms with Gasteiger partial charge in [-0.1, -0.05) is 51.1 Å². The first-order chi connectivity index (χ1) is 9.90. The monoisotopic (exact) mass is 291 g/mol. The van der Waals surface area contributed by atoms with Crippen LogP contribution in [0.3, 0.4) is 0 Å². The van der Waals surface area contributed by atoms with Crippen molar-refractivity contribution in [3.05, 3.63) is 35.9 Å². The maximum absolute atomic E-state index is 12.3. The Labute approximate surface area is 126 Å². The zero-order chi connectivity index (χ0) is 15.8. The van der Waals surface area contributed by atoms with Gasteiger partial charge in [-0.25, -0.2) is 0 Å². The molecule has 1 atom stereocenters. The van der Waals surface area contributed by atoms with E-state index in [0.29, 0.717) is 18.0 Å². The zero-order valence-corrected chi connectivity index (χ0v) is 13.1. The van der Waals surface area contributed by atoms with E-state index in [9.17, 15) is 9.59 Å². The van der Waals surface area contributed by atoms with E-state index < -0.39 is 11.9 Å². The second-order valence-corrected chi connectivity index (χ2v) is 5.95. The minimum atomic E-state index is -0.822. The predicted molar refractivity (Wildman–Crippen MR) is 83.5 cm³/mol. The largest absolute Gasteiger partial charge is 0.481 e. The fourth-order valence-electron chi connectivity index (χ4n) is 2.06. The van der Waals surface area contributed by atoms with Crippen molar-refractivity contribution in [2.75, 3.05) is 19.6 Å². The van der Waals surface area contributed by atoms with E-state index in [4.69, 9.17) is 5.11 Å². The second-order valence-electron chi connectivity index (χ2n) is 5.95. The van der Waals surface area contributed by atoms with Crippen LogP contribution >= 0.6 is 0 Å². The van der Waals surface area contributed by atoms with Gasteiger partial charge >= 0.3 is 5.97 Å². The Hall–Kier alpha value is -1.68. The molecule has 0 spiro atoms. The van der Waals surface area contributed by atoms with Gasteiger partial charge in [-0.15, -0.1) is 0 Å². The molecule has 1 aromatic carbocycles. The fourth-order valence-corrected chi connectivity index (χ4v) is 2.06. The number of Topliss-reactive ketones (excluding diaryl/α,β-unsaturated/α-hetero) is 1. The first kappa shape index (κ1) is 17.4. The first-order valence-electron chi connectivity index (χ1n) is 7.43. The van der Waals surface area contributed by atoms with Crippen LogP contribution in [-0.2, 0) is 4.79 Å². The topological polar surface area (TPSA) is 57.6 Å². The molecule has 0 fully saturated rings. The van der Waals surface area contributed by atoms with E-state index in [1.807, 2.05) is 23.1 Å². The average Bonchev–Trinajstić information content (AvgIpc) is 2.45. The molecule has 0 aromatic heterocycles. The minimum absolute atomic E-state index is 0.0388. The molecule has 0 saturated heterocycles. The number of hydrogen-bond acceptors (Lipinski definition) is 3. The summed E-state index contributed by atoms with van der Waals surface area (Å²) in [5, 5.41) is 9.05. The summed E-state index contributed by atoms with van der Waals surface area (Å²) in [5.41, 5.74) is 0.676. The Balaban J connectivity index is 2.67. The average molecular weight is 291 g/mol. The van der Waals surface area contributed by atoms with Crippen LogP contribution in [0, 0.1) is 11.8 Å². The summed E-state index contributed by atoms with van der Waals surface area (Å²) in [5.74, 6) is -0.728. The van der Waals surface area contributed by atoms with Gasteiger partial charge in [0.05, 0.1) is 12.5 Å². The van der Waals surface area contributed by atoms with Crippen LogP contribution < -0.4 is 0 Å². The van der Waals surface area contributed by atoms with E-state index in [2.05, 4.69) is 13.8 Å². The van der Waals surface area contributed by atoms with Gasteiger partial charge in [0.1, 0.15) is 0 Å². The summed E-state index contributed by atoms with van der Waals surface area (Å²) in [6.45, 7) is 7.34. The number of carbonyl (C=O) groups excluding carboxylic acids is 1. The molecule has 4 nitrogen and oxygen atoms in total. The van der Waals surface area contributed by atoms with Crippen LogP contribution in [0.2, 0.25) is 0 Å². The summed E-state index contributed by atoms with van der Waals surface area (Å²) >= 11 is 0. The summed E-state index contributed by atoms with van der Waals surface area (Å²) in [6, 6.07) is 9.14. The van der Waals surface area contributed by atoms with Gasteiger partial charge in [0, 0.05) is 12.1 Å². The van der Waals surface area contributed by atoms with E-state index in [0.717, 1.165) is 13.0 Å². The third-order valence-corrected chi connectivity index (χ3v) is 3.44. The minimum Gasteiger partial charge on any atom is -0.481 e. The molecule has 1 aromatic rings. The fraction of sp³-hybridized carbons (Fsp3) is 0.529. The lowest BCUT2D eigenvalue weighted by molar-refractivity contribution is -0.141. The Morgan fingerprint density at radius 3 is 2.29 bits per heavy atom. The van der Waals surface area contributed by atoms with Gasteiger partial charge in [-0.3, -0.25) is 14.5 Å². The number of benzene rings is 1. The molecule has 0 aliphatic carbocycles. The quantitative estimate of drug-likeness (QED) is 0.711. The summed E-state index contributed by atoms with van der Waals surface area (Å²) in [6.07, 6.45) is 0.953. The lowest BCUT2D eigenvalue weighted by Crippen LogP contribution is -2.37. The Kier molecular flexibility index (Phi) is 7.09. The smallest absolute Gasteiger partial charge is 0.307 e. The van der Waals surface area contributed by atoms with Crippen LogP contribution in [0.5, 0.6) is 0 Å². The lowest BCUT2D eigenvalue weighted by Gasteiger charge is -2.24. The maximum Gasteiger partial charge on any atom is 0.307 e. The van der Waals surface area contributed by atoms with Crippen molar-refractivity contribution >= 4 is 11.8 Å². The molecule has 116 valence electrons. The highest BCUT2D eigenvalue weighted by molar-refractivity contribution is 5.97. The van der Waals surface area contributed by atoms with Crippen molar-refractivity contribution in [2.24, 2.45) is 11.8 Å². The standard InChI is InChI=1S/C17H25NO3/c1-13(2)9-10-18(11-14(3)17(20)21)12-16(19)15-7-5-4-6-8-15/h4-8,13-14H,9-12H2,1-3H3,(H,20,21). The van der Waals surface area contributed by atoms with Crippen molar-refractivity contribution in [3.63, 3.8) is 0 Å². The molecule has 1 rings (SSSR count). The summed E-state index contributed by atoms with van der Waals surface area (Å²) in [4.78, 5) is 25.2. The molecule has 1 unspecified atom stereocenters. The number of aliphatic carboxylic acids is 1. The highest BCUT2D eigenvalue weighted by Crippen LogP contribution is 2.08. The number of carboxylic acids is 1. The molecule has 0 amide bonds. The molecule has 21 heavy (non-hydrogen) atoms. The van der Waals surface area contributed by atoms with Crippen LogP contribution in [0.4, 0.5) is 0 Å². The molecule has 0 radical (unpaired) electrons. The van der Waals surface area contributed by atoms with Crippen molar-refractivity contribution < 1.29 is 14.7 Å². The number of hydrogen-bond donors (Lipinski definition) is 1. The summed E-state index contributed by atoms with van der Waals surface area (Å²) < 4.78 is 0. The number of carboxylic acid groups (broad SMARTS) is 1. The number of ketones is 1. The molecule has 0 aliphatic rings. The van der Waals surface area contributed by atoms with Gasteiger partial charge in [0.15, 0.2) is 5.78 Å². The Bertz CT molecular complexity index is 456. The molecule has 0 bridgehead atoms. The van der Waals surface area contributed by atoms with Gasteiger partial charge in [0.2, 0.25) is 0 Å². The zero-order valence-electron chi connectivity index (χ0n) is 13.1. The highest BCUT2D eigenvalue weighted by atomic mass is 16.4. The van der Waals surface area contributed by atoms with Crippen LogP contribution in [-0.4, -0.2) is 41.4 Å². The lowest BCUT2D eigenvalue weighted by atomic mass is 10.1. The van der Waals surface area contributed by atoms with E-state index in [1.54, 1.807) is 19.1 Å². The summed E-state index contributed by atoms with van der Waals surface area (Å²) in [7, 11) is 0. The molecule has 0 aliphatic heterocycles. The Morgan fingerprint density at radius 1 is 1.14 bits per heavy atom. The van der Waals surface area contributed by atoms with E-state index in [1.165, 1.54) is 0 Å². The predicted octanol–water partition coefficient (Wildman–Crippen LogP) is 2.94. The molecule has 1 N–H and O–H groups in total. The third-order valence-electron chi connectivity index (χ3n) is 3.44. The number of carbonyl (C=O) groups is 2. The van der Waals surface area contributed by atoms with Crippen molar-refractivity contribution in [1.82, 2.24) is 4.90 Å². The number of rotatable bonds is 9. The molecule has 0 heterocycles. The molecule has 4 heteroatoms. The molecular weight excluding hydrogens is 266 g/mol. The normalized spacial score (nSPS) is 12.6. The second kappa shape index (κ2) is 8.57. The van der Waals surface area contributed by atoms with E-state index in [-0.39, 0.29) is 12.3 Å². The van der Waals surface area contributed by atoms with Gasteiger partial charge in [-0.2, -0.15) is 0 Å². The molecular formula is C17H25NO3. The SMILES string of the molecule is CC(C)CCN(CC(=O)c1ccccc1)CC(C)C(=O)O. The third kappa shape index (κ3) is 6.54. The maximum atomic E-state index is 12.3. The number of nitrogens with zero attached hydrogens (tertiary/aromatic N) is 1. The molecule has 0 saturated carbocycles. The van der Waals surface area contributed by atoms with Crippen LogP contribution in [0.1, 0.15) is 37.6 Å². The van der Waals surface area contributed by atoms with Crippen molar-refractivity contribution in [1.29, 1.82) is 0 Å². The van der Waals surface area contributed by atoms with Crippen LogP contribution in [0.25, 0.3) is 0 Å². The highest BCUT2D eigenvalue weighted by Gasteiger charge is 2.19. The van der Waals surface area contributed by atoms with Crippen molar-refractivity contribution in [2.45, 2.75) is 27.2 Å².